The molecule has 0 aromatic heterocycles. The zero-order valence-electron chi connectivity index (χ0n) is 2.30. The van der Waals surface area contributed by atoms with Crippen molar-refractivity contribution in [1.29, 1.82) is 0 Å². The predicted octanol–water partition coefficient (Wildman–Crippen LogP) is -14.3. The van der Waals surface area contributed by atoms with E-state index in [9.17, 15) is 0 Å². The van der Waals surface area contributed by atoms with Crippen molar-refractivity contribution in [2.24, 2.45) is 0 Å². The summed E-state index contributed by atoms with van der Waals surface area (Å²) >= 11 is 0. The number of halogens is 5. The Morgan fingerprint density at radius 1 is 0.429 bits per heavy atom. The first-order valence-electron chi connectivity index (χ1n) is 0. The molecule has 0 bridgehead atoms. The number of hydrogen-bond acceptors (Lipinski definition) is 0. The van der Waals surface area contributed by atoms with Gasteiger partial charge >= 0.3 is 0 Å². The van der Waals surface area contributed by atoms with Crippen molar-refractivity contribution in [1.82, 2.24) is 0 Å². The molecule has 0 aromatic carbocycles. The maximum atomic E-state index is 0. The molecule has 0 nitrogen and oxygen atoms in total. The smallest absolute Gasteiger partial charge is 0 e. The molecule has 0 rings (SSSR count). The Hall–Kier alpha value is 0.338. The Labute approximate surface area is 52.8 Å². The van der Waals surface area contributed by atoms with Gasteiger partial charge in [0.25, 0.3) is 0 Å². The fourth-order valence-electron chi connectivity index (χ4n) is 0. The van der Waals surface area contributed by atoms with E-state index in [-0.39, 0.29) is 52.0 Å². The summed E-state index contributed by atoms with van der Waals surface area (Å²) in [7, 11) is 0. The van der Waals surface area contributed by atoms with Crippen LogP contribution in [0, 0.1) is 0 Å². The molecule has 54 valence electrons. The van der Waals surface area contributed by atoms with E-state index >= 15 is 0 Å². The van der Waals surface area contributed by atoms with Gasteiger partial charge in [-0.15, -0.1) is 0 Å². The Kier molecular flexibility index (Phi) is 581000. The van der Waals surface area contributed by atoms with E-state index < -0.39 is 0 Å². The maximum Gasteiger partial charge on any atom is 0 e. The summed E-state index contributed by atoms with van der Waals surface area (Å²) in [4.78, 5) is 0. The second-order valence-corrected chi connectivity index (χ2v) is 0. The third-order valence-corrected chi connectivity index (χ3v) is 0. The molecule has 0 unspecified atom stereocenters. The second-order valence-electron chi connectivity index (χ2n) is 0. The number of rotatable bonds is 0. The van der Waals surface area contributed by atoms with Crippen LogP contribution < -0.4 is 23.5 Å². The van der Waals surface area contributed by atoms with Gasteiger partial charge in [-0.05, 0) is 0 Å². The van der Waals surface area contributed by atoms with Gasteiger partial charge in [-0.3, -0.25) is 0 Å². The van der Waals surface area contributed by atoms with Crippen molar-refractivity contribution in [2.45, 2.75) is 7.43 Å². The van der Waals surface area contributed by atoms with Gasteiger partial charge in [-0.25, -0.2) is 0 Å². The van der Waals surface area contributed by atoms with Gasteiger partial charge in [-0.1, -0.05) is 7.43 Å². The third kappa shape index (κ3) is 1040. The fourth-order valence-corrected chi connectivity index (χ4v) is 0. The van der Waals surface area contributed by atoms with E-state index in [1.165, 1.54) is 0 Å². The van der Waals surface area contributed by atoms with E-state index in [0.717, 1.165) is 0 Å². The van der Waals surface area contributed by atoms with Crippen LogP contribution in [0.4, 0.5) is 0 Å². The van der Waals surface area contributed by atoms with E-state index in [2.05, 4.69) is 0 Å². The van der Waals surface area contributed by atoms with Gasteiger partial charge in [0.15, 0.2) is 0 Å². The summed E-state index contributed by atoms with van der Waals surface area (Å²) < 4.78 is 0. The van der Waals surface area contributed by atoms with Crippen LogP contribution in [0.5, 0.6) is 0 Å². The zero-order valence-corrected chi connectivity index (χ0v) is 5.23. The summed E-state index contributed by atoms with van der Waals surface area (Å²) in [5.74, 6) is 0. The van der Waals surface area contributed by atoms with Crippen molar-refractivity contribution < 1.29 is 44.6 Å². The molecule has 0 aliphatic heterocycles. The van der Waals surface area contributed by atoms with Crippen molar-refractivity contribution in [2.75, 3.05) is 0 Å². The first kappa shape index (κ1) is 2580. The van der Waals surface area contributed by atoms with Crippen molar-refractivity contribution >= 4 is 0 Å². The van der Waals surface area contributed by atoms with Crippen LogP contribution in [0.25, 0.3) is 0 Å². The molecule has 0 amide bonds. The molecule has 0 aliphatic rings. The molecule has 0 heterocycles. The molecule has 0 spiro atoms. The van der Waals surface area contributed by atoms with E-state index in [1.807, 2.05) is 0 Å². The summed E-state index contributed by atoms with van der Waals surface area (Å²) in [6.07, 6.45) is 0. The molecule has 0 N–H and O–H groups in total. The van der Waals surface area contributed by atoms with E-state index in [0.29, 0.717) is 0 Å². The van der Waals surface area contributed by atoms with Crippen LogP contribution >= 0.6 is 0 Å². The topological polar surface area (TPSA) is 0 Å². The monoisotopic (exact) mass is 295 g/mol. The minimum atomic E-state index is 0. The summed E-state index contributed by atoms with van der Waals surface area (Å²) in [5, 5.41) is 0. The largest absolute Gasteiger partial charge is 1.00 e. The van der Waals surface area contributed by atoms with Crippen LogP contribution in [-0.2, 0) is 21.1 Å². The van der Waals surface area contributed by atoms with Gasteiger partial charge < -0.3 is 23.5 Å². The molecule has 7 heavy (non-hydrogen) atoms. The second kappa shape index (κ2) is 1580. The van der Waals surface area contributed by atoms with Crippen molar-refractivity contribution in [3.05, 3.63) is 0 Å². The Morgan fingerprint density at radius 2 is 0.429 bits per heavy atom. The van der Waals surface area contributed by atoms with Gasteiger partial charge in [-0.2, -0.15) is 0 Å². The molecule has 0 radical (unpaired) electrons. The minimum absolute atomic E-state index is 0. The van der Waals surface area contributed by atoms with Crippen molar-refractivity contribution in [3.63, 3.8) is 0 Å². The molecule has 0 saturated heterocycles. The number of hydrogen-bond donors (Lipinski definition) is 0. The Bertz CT molecular complexity index is 8.04. The Morgan fingerprint density at radius 3 is 0.429 bits per heavy atom. The molecule has 0 aliphatic carbocycles. The van der Waals surface area contributed by atoms with Crippen molar-refractivity contribution in [3.8, 4) is 0 Å². The maximum absolute atomic E-state index is 0. The van der Waals surface area contributed by atoms with E-state index in [1.54, 1.807) is 0 Å². The quantitative estimate of drug-likeness (QED) is 0.389. The standard InChI is InChI=1S/CH4.5FH.W/h1H4;5*1H;/p-5. The van der Waals surface area contributed by atoms with Crippen LogP contribution in [0.2, 0.25) is 0 Å². The average Bonchev–Trinajstić information content (AvgIpc) is 0. The molecular weight excluding hydrogens is 291 g/mol. The van der Waals surface area contributed by atoms with Crippen LogP contribution in [0.15, 0.2) is 0 Å². The summed E-state index contributed by atoms with van der Waals surface area (Å²) in [6.45, 7) is 0. The normalized spacial score (nSPS) is 0. The molecule has 0 atom stereocenters. The molecule has 0 aromatic rings. The van der Waals surface area contributed by atoms with Crippen LogP contribution in [0.1, 0.15) is 7.43 Å². The van der Waals surface area contributed by atoms with Crippen LogP contribution in [-0.4, -0.2) is 0 Å². The van der Waals surface area contributed by atoms with Crippen LogP contribution in [0.3, 0.4) is 0 Å². The molecule has 0 fully saturated rings. The predicted molar refractivity (Wildman–Crippen MR) is 6.73 cm³/mol. The van der Waals surface area contributed by atoms with E-state index in [4.69, 9.17) is 0 Å². The average molecular weight is 295 g/mol. The molecular formula is CH4F5W-5. The summed E-state index contributed by atoms with van der Waals surface area (Å²) in [5.41, 5.74) is 0. The fraction of sp³-hybridized carbons (Fsp3) is 1.00. The minimum Gasteiger partial charge on any atom is -1.00 e. The zero-order chi connectivity index (χ0) is 0. The SMILES string of the molecule is C.[F-].[F-].[F-].[F-].[F-].[W]. The van der Waals surface area contributed by atoms with Gasteiger partial charge in [0.2, 0.25) is 0 Å². The first-order valence-corrected chi connectivity index (χ1v) is 0. The first-order chi connectivity index (χ1) is 0. The van der Waals surface area contributed by atoms with Gasteiger partial charge in [0.1, 0.15) is 0 Å². The molecule has 0 saturated carbocycles. The Balaban J connectivity index is 0. The van der Waals surface area contributed by atoms with Gasteiger partial charge in [0.05, 0.1) is 0 Å². The molecule has 6 heteroatoms. The van der Waals surface area contributed by atoms with Gasteiger partial charge in [0, 0.05) is 21.1 Å². The third-order valence-electron chi connectivity index (χ3n) is 0. The summed E-state index contributed by atoms with van der Waals surface area (Å²) in [6, 6.07) is 0.